The summed E-state index contributed by atoms with van der Waals surface area (Å²) in [6.45, 7) is 2.29. The number of hydrogen-bond donors (Lipinski definition) is 2. The van der Waals surface area contributed by atoms with E-state index in [1.165, 1.54) is 6.07 Å². The zero-order chi connectivity index (χ0) is 15.2. The highest BCUT2D eigenvalue weighted by atomic mass is 19.2. The van der Waals surface area contributed by atoms with Gasteiger partial charge in [-0.25, -0.2) is 13.6 Å². The largest absolute Gasteiger partial charge is 0.492 e. The molecule has 21 heavy (non-hydrogen) atoms. The van der Waals surface area contributed by atoms with Crippen LogP contribution in [0.25, 0.3) is 0 Å². The average Bonchev–Trinajstić information content (AvgIpc) is 2.45. The first kappa shape index (κ1) is 14.8. The highest BCUT2D eigenvalue weighted by Crippen LogP contribution is 2.24. The Kier molecular flexibility index (Phi) is 4.71. The molecule has 0 aliphatic rings. The van der Waals surface area contributed by atoms with Gasteiger partial charge in [-0.15, -0.1) is 0 Å². The molecule has 0 bridgehead atoms. The maximum absolute atomic E-state index is 13.1. The molecule has 0 spiro atoms. The van der Waals surface area contributed by atoms with Crippen LogP contribution in [0.15, 0.2) is 42.5 Å². The Balaban J connectivity index is 2.06. The Morgan fingerprint density at radius 2 is 1.86 bits per heavy atom. The number of hydrogen-bond acceptors (Lipinski definition) is 2. The number of carbonyl (C=O) groups excluding carboxylic acids is 1. The van der Waals surface area contributed by atoms with Crippen LogP contribution in [0, 0.1) is 11.6 Å². The molecule has 2 rings (SSSR count). The van der Waals surface area contributed by atoms with Gasteiger partial charge in [-0.3, -0.25) is 0 Å². The second-order valence-electron chi connectivity index (χ2n) is 4.14. The lowest BCUT2D eigenvalue weighted by molar-refractivity contribution is 0.262. The third-order valence-electron chi connectivity index (χ3n) is 2.61. The van der Waals surface area contributed by atoms with Crippen LogP contribution in [-0.2, 0) is 0 Å². The normalized spacial score (nSPS) is 10.0. The van der Waals surface area contributed by atoms with E-state index in [0.717, 1.165) is 12.1 Å². The predicted molar refractivity (Wildman–Crippen MR) is 76.6 cm³/mol. The van der Waals surface area contributed by atoms with Crippen molar-refractivity contribution in [3.63, 3.8) is 0 Å². The molecule has 0 aromatic heterocycles. The SMILES string of the molecule is CCOc1ccccc1NC(=O)Nc1ccc(F)c(F)c1. The number of benzene rings is 2. The number of ether oxygens (including phenoxy) is 1. The fourth-order valence-electron chi connectivity index (χ4n) is 1.71. The van der Waals surface area contributed by atoms with Crippen LogP contribution in [0.1, 0.15) is 6.92 Å². The molecule has 4 nitrogen and oxygen atoms in total. The van der Waals surface area contributed by atoms with Gasteiger partial charge in [0.1, 0.15) is 5.75 Å². The molecule has 0 saturated carbocycles. The van der Waals surface area contributed by atoms with E-state index in [1.54, 1.807) is 24.3 Å². The molecule has 110 valence electrons. The van der Waals surface area contributed by atoms with Gasteiger partial charge < -0.3 is 15.4 Å². The first-order chi connectivity index (χ1) is 10.1. The lowest BCUT2D eigenvalue weighted by Crippen LogP contribution is -2.20. The standard InChI is InChI=1S/C15H14F2N2O2/c1-2-21-14-6-4-3-5-13(14)19-15(20)18-10-7-8-11(16)12(17)9-10/h3-9H,2H2,1H3,(H2,18,19,20). The molecule has 0 aliphatic carbocycles. The van der Waals surface area contributed by atoms with Gasteiger partial charge in [0.05, 0.1) is 12.3 Å². The third-order valence-corrected chi connectivity index (χ3v) is 2.61. The molecule has 0 radical (unpaired) electrons. The lowest BCUT2D eigenvalue weighted by Gasteiger charge is -2.12. The van der Waals surface area contributed by atoms with Crippen molar-refractivity contribution in [3.05, 3.63) is 54.1 Å². The van der Waals surface area contributed by atoms with Gasteiger partial charge in [0.2, 0.25) is 0 Å². The molecule has 2 aromatic rings. The summed E-state index contributed by atoms with van der Waals surface area (Å²) in [7, 11) is 0. The summed E-state index contributed by atoms with van der Waals surface area (Å²) in [6.07, 6.45) is 0. The monoisotopic (exact) mass is 292 g/mol. The second-order valence-corrected chi connectivity index (χ2v) is 4.14. The molecular formula is C15H14F2N2O2. The number of urea groups is 1. The topological polar surface area (TPSA) is 50.4 Å². The van der Waals surface area contributed by atoms with Gasteiger partial charge in [0.25, 0.3) is 0 Å². The van der Waals surface area contributed by atoms with Crippen molar-refractivity contribution in [2.45, 2.75) is 6.92 Å². The van der Waals surface area contributed by atoms with Crippen LogP contribution >= 0.6 is 0 Å². The van der Waals surface area contributed by atoms with E-state index in [9.17, 15) is 13.6 Å². The van der Waals surface area contributed by atoms with Gasteiger partial charge >= 0.3 is 6.03 Å². The molecule has 2 N–H and O–H groups in total. The molecule has 0 unspecified atom stereocenters. The Labute approximate surface area is 120 Å². The molecule has 0 saturated heterocycles. The van der Waals surface area contributed by atoms with E-state index in [1.807, 2.05) is 6.92 Å². The number of rotatable bonds is 4. The summed E-state index contributed by atoms with van der Waals surface area (Å²) in [4.78, 5) is 11.8. The molecule has 0 atom stereocenters. The van der Waals surface area contributed by atoms with Gasteiger partial charge in [0.15, 0.2) is 11.6 Å². The van der Waals surface area contributed by atoms with E-state index in [4.69, 9.17) is 4.74 Å². The molecule has 6 heteroatoms. The van der Waals surface area contributed by atoms with Crippen molar-refractivity contribution in [3.8, 4) is 5.75 Å². The van der Waals surface area contributed by atoms with E-state index >= 15 is 0 Å². The van der Waals surface area contributed by atoms with Gasteiger partial charge in [-0.1, -0.05) is 12.1 Å². The third kappa shape index (κ3) is 3.92. The number of nitrogens with one attached hydrogen (secondary N) is 2. The number of carbonyl (C=O) groups is 1. The summed E-state index contributed by atoms with van der Waals surface area (Å²) in [5.41, 5.74) is 0.639. The Morgan fingerprint density at radius 1 is 1.10 bits per heavy atom. The minimum Gasteiger partial charge on any atom is -0.492 e. The summed E-state index contributed by atoms with van der Waals surface area (Å²) >= 11 is 0. The molecule has 2 amide bonds. The van der Waals surface area contributed by atoms with Crippen molar-refractivity contribution in [1.82, 2.24) is 0 Å². The summed E-state index contributed by atoms with van der Waals surface area (Å²) in [5, 5.41) is 5.00. The molecule has 0 aliphatic heterocycles. The van der Waals surface area contributed by atoms with Gasteiger partial charge in [0, 0.05) is 11.8 Å². The predicted octanol–water partition coefficient (Wildman–Crippen LogP) is 4.01. The summed E-state index contributed by atoms with van der Waals surface area (Å²) in [6, 6.07) is 9.47. The average molecular weight is 292 g/mol. The van der Waals surface area contributed by atoms with Crippen LogP contribution < -0.4 is 15.4 Å². The Morgan fingerprint density at radius 3 is 2.57 bits per heavy atom. The smallest absolute Gasteiger partial charge is 0.323 e. The number of amides is 2. The van der Waals surface area contributed by atoms with Crippen LogP contribution in [0.2, 0.25) is 0 Å². The number of halogens is 2. The van der Waals surface area contributed by atoms with Crippen LogP contribution in [0.5, 0.6) is 5.75 Å². The van der Waals surface area contributed by atoms with E-state index < -0.39 is 17.7 Å². The number of para-hydroxylation sites is 2. The van der Waals surface area contributed by atoms with Gasteiger partial charge in [-0.05, 0) is 31.2 Å². The maximum atomic E-state index is 13.1. The van der Waals surface area contributed by atoms with E-state index in [0.29, 0.717) is 18.0 Å². The van der Waals surface area contributed by atoms with Crippen LogP contribution in [0.4, 0.5) is 25.0 Å². The van der Waals surface area contributed by atoms with Gasteiger partial charge in [-0.2, -0.15) is 0 Å². The molecule has 0 fully saturated rings. The molecular weight excluding hydrogens is 278 g/mol. The fraction of sp³-hybridized carbons (Fsp3) is 0.133. The minimum absolute atomic E-state index is 0.153. The van der Waals surface area contributed by atoms with E-state index in [2.05, 4.69) is 10.6 Å². The summed E-state index contributed by atoms with van der Waals surface area (Å²) < 4.78 is 31.2. The minimum atomic E-state index is -1.03. The van der Waals surface area contributed by atoms with Crippen molar-refractivity contribution < 1.29 is 18.3 Å². The molecule has 2 aromatic carbocycles. The number of anilines is 2. The Bertz CT molecular complexity index is 647. The Hall–Kier alpha value is -2.63. The van der Waals surface area contributed by atoms with Crippen molar-refractivity contribution in [1.29, 1.82) is 0 Å². The van der Waals surface area contributed by atoms with Crippen molar-refractivity contribution >= 4 is 17.4 Å². The lowest BCUT2D eigenvalue weighted by atomic mass is 10.3. The summed E-state index contributed by atoms with van der Waals surface area (Å²) in [5.74, 6) is -1.47. The second kappa shape index (κ2) is 6.69. The zero-order valence-corrected chi connectivity index (χ0v) is 11.3. The van der Waals surface area contributed by atoms with E-state index in [-0.39, 0.29) is 5.69 Å². The highest BCUT2D eigenvalue weighted by Gasteiger charge is 2.09. The highest BCUT2D eigenvalue weighted by molar-refractivity contribution is 6.00. The van der Waals surface area contributed by atoms with Crippen LogP contribution in [-0.4, -0.2) is 12.6 Å². The first-order valence-electron chi connectivity index (χ1n) is 6.35. The van der Waals surface area contributed by atoms with Crippen molar-refractivity contribution in [2.75, 3.05) is 17.2 Å². The first-order valence-corrected chi connectivity index (χ1v) is 6.35. The quantitative estimate of drug-likeness (QED) is 0.894. The maximum Gasteiger partial charge on any atom is 0.323 e. The molecule has 0 heterocycles. The van der Waals surface area contributed by atoms with Crippen LogP contribution in [0.3, 0.4) is 0 Å². The zero-order valence-electron chi connectivity index (χ0n) is 11.3. The van der Waals surface area contributed by atoms with Crippen molar-refractivity contribution in [2.24, 2.45) is 0 Å². The fourth-order valence-corrected chi connectivity index (χ4v) is 1.71.